The molecular formula is C17H19BrFNO. The summed E-state index contributed by atoms with van der Waals surface area (Å²) < 4.78 is 20.7. The molecule has 2 nitrogen and oxygen atoms in total. The maximum Gasteiger partial charge on any atom is 0.142 e. The van der Waals surface area contributed by atoms with Gasteiger partial charge in [-0.15, -0.1) is 0 Å². The van der Waals surface area contributed by atoms with Gasteiger partial charge in [0.05, 0.1) is 16.6 Å². The van der Waals surface area contributed by atoms with Gasteiger partial charge in [0.2, 0.25) is 0 Å². The summed E-state index contributed by atoms with van der Waals surface area (Å²) in [5.74, 6) is 0.516. The smallest absolute Gasteiger partial charge is 0.142 e. The Bertz CT molecular complexity index is 615. The second kappa shape index (κ2) is 7.05. The SMILES string of the molecule is CNC(c1ccccc1OC(C)C)c1cccc(Br)c1F. The van der Waals surface area contributed by atoms with Gasteiger partial charge in [0, 0.05) is 11.1 Å². The zero-order valence-corrected chi connectivity index (χ0v) is 13.9. The van der Waals surface area contributed by atoms with Crippen LogP contribution in [0, 0.1) is 5.82 Å². The molecule has 0 aliphatic heterocycles. The molecule has 0 aromatic heterocycles. The molecule has 112 valence electrons. The maximum absolute atomic E-state index is 14.4. The van der Waals surface area contributed by atoms with Gasteiger partial charge in [0.25, 0.3) is 0 Å². The third-order valence-electron chi connectivity index (χ3n) is 3.17. The normalized spacial score (nSPS) is 12.5. The van der Waals surface area contributed by atoms with E-state index >= 15 is 0 Å². The average molecular weight is 352 g/mol. The summed E-state index contributed by atoms with van der Waals surface area (Å²) in [6.45, 7) is 3.95. The fourth-order valence-corrected chi connectivity index (χ4v) is 2.68. The van der Waals surface area contributed by atoms with E-state index in [2.05, 4.69) is 21.2 Å². The van der Waals surface area contributed by atoms with Gasteiger partial charge in [0.1, 0.15) is 11.6 Å². The lowest BCUT2D eigenvalue weighted by molar-refractivity contribution is 0.238. The number of rotatable bonds is 5. The summed E-state index contributed by atoms with van der Waals surface area (Å²) in [6.07, 6.45) is 0.0658. The van der Waals surface area contributed by atoms with Crippen LogP contribution in [0.4, 0.5) is 4.39 Å². The van der Waals surface area contributed by atoms with E-state index in [1.54, 1.807) is 12.1 Å². The van der Waals surface area contributed by atoms with Crippen LogP contribution in [0.2, 0.25) is 0 Å². The minimum atomic E-state index is -0.266. The standard InChI is InChI=1S/C17H19BrFNO/c1-11(2)21-15-10-5-4-7-12(15)17(20-3)13-8-6-9-14(18)16(13)19/h4-11,17,20H,1-3H3. The zero-order valence-electron chi connectivity index (χ0n) is 12.4. The zero-order chi connectivity index (χ0) is 15.4. The first kappa shape index (κ1) is 16.0. The summed E-state index contributed by atoms with van der Waals surface area (Å²) in [5, 5.41) is 3.18. The molecule has 0 aliphatic carbocycles. The number of halogens is 2. The van der Waals surface area contributed by atoms with Crippen LogP contribution < -0.4 is 10.1 Å². The molecule has 0 spiro atoms. The first-order chi connectivity index (χ1) is 10.0. The Kier molecular flexibility index (Phi) is 5.37. The predicted molar refractivity (Wildman–Crippen MR) is 87.2 cm³/mol. The molecule has 0 heterocycles. The minimum absolute atomic E-state index is 0.0658. The Morgan fingerprint density at radius 1 is 1.05 bits per heavy atom. The predicted octanol–water partition coefficient (Wildman–Crippen LogP) is 4.68. The van der Waals surface area contributed by atoms with E-state index in [1.165, 1.54) is 0 Å². The Labute approximate surface area is 133 Å². The summed E-state index contributed by atoms with van der Waals surface area (Å²) in [6, 6.07) is 12.8. The number of ether oxygens (including phenoxy) is 1. The van der Waals surface area contributed by atoms with E-state index in [-0.39, 0.29) is 18.0 Å². The highest BCUT2D eigenvalue weighted by molar-refractivity contribution is 9.10. The molecule has 1 atom stereocenters. The van der Waals surface area contributed by atoms with Crippen LogP contribution >= 0.6 is 15.9 Å². The first-order valence-corrected chi connectivity index (χ1v) is 7.70. The molecule has 0 saturated heterocycles. The second-order valence-corrected chi connectivity index (χ2v) is 5.92. The highest BCUT2D eigenvalue weighted by Gasteiger charge is 2.21. The van der Waals surface area contributed by atoms with Gasteiger partial charge in [-0.25, -0.2) is 4.39 Å². The summed E-state index contributed by atoms with van der Waals surface area (Å²) in [7, 11) is 1.82. The number of hydrogen-bond acceptors (Lipinski definition) is 2. The summed E-state index contributed by atoms with van der Waals surface area (Å²) >= 11 is 3.24. The molecule has 2 rings (SSSR count). The lowest BCUT2D eigenvalue weighted by Crippen LogP contribution is -2.21. The molecular weight excluding hydrogens is 333 g/mol. The van der Waals surface area contributed by atoms with Crippen LogP contribution in [0.5, 0.6) is 5.75 Å². The average Bonchev–Trinajstić information content (AvgIpc) is 2.45. The van der Waals surface area contributed by atoms with Crippen molar-refractivity contribution in [2.45, 2.75) is 26.0 Å². The van der Waals surface area contributed by atoms with Gasteiger partial charge < -0.3 is 10.1 Å². The first-order valence-electron chi connectivity index (χ1n) is 6.91. The minimum Gasteiger partial charge on any atom is -0.491 e. The summed E-state index contributed by atoms with van der Waals surface area (Å²) in [5.41, 5.74) is 1.51. The van der Waals surface area contributed by atoms with Crippen LogP contribution in [0.15, 0.2) is 46.9 Å². The molecule has 21 heavy (non-hydrogen) atoms. The Morgan fingerprint density at radius 2 is 1.71 bits per heavy atom. The molecule has 0 aliphatic rings. The van der Waals surface area contributed by atoms with E-state index < -0.39 is 0 Å². The van der Waals surface area contributed by atoms with Crippen molar-refractivity contribution in [2.75, 3.05) is 7.05 Å². The van der Waals surface area contributed by atoms with Crippen LogP contribution in [0.25, 0.3) is 0 Å². The molecule has 2 aromatic carbocycles. The lowest BCUT2D eigenvalue weighted by Gasteiger charge is -2.22. The monoisotopic (exact) mass is 351 g/mol. The van der Waals surface area contributed by atoms with E-state index in [4.69, 9.17) is 4.74 Å². The molecule has 2 aromatic rings. The number of hydrogen-bond donors (Lipinski definition) is 1. The van der Waals surface area contributed by atoms with Crippen molar-refractivity contribution in [3.05, 3.63) is 63.9 Å². The summed E-state index contributed by atoms with van der Waals surface area (Å²) in [4.78, 5) is 0. The van der Waals surface area contributed by atoms with Gasteiger partial charge in [-0.2, -0.15) is 0 Å². The molecule has 0 radical (unpaired) electrons. The van der Waals surface area contributed by atoms with E-state index in [1.807, 2.05) is 51.2 Å². The van der Waals surface area contributed by atoms with E-state index in [0.29, 0.717) is 10.0 Å². The van der Waals surface area contributed by atoms with Crippen molar-refractivity contribution in [2.24, 2.45) is 0 Å². The van der Waals surface area contributed by atoms with Crippen LogP contribution in [-0.2, 0) is 0 Å². The van der Waals surface area contributed by atoms with Gasteiger partial charge in [-0.3, -0.25) is 0 Å². The molecule has 0 fully saturated rings. The lowest BCUT2D eigenvalue weighted by atomic mass is 9.97. The third-order valence-corrected chi connectivity index (χ3v) is 3.79. The number of para-hydroxylation sites is 1. The van der Waals surface area contributed by atoms with Gasteiger partial charge in [-0.05, 0) is 49.0 Å². The van der Waals surface area contributed by atoms with E-state index in [0.717, 1.165) is 11.3 Å². The highest BCUT2D eigenvalue weighted by atomic mass is 79.9. The highest BCUT2D eigenvalue weighted by Crippen LogP contribution is 2.33. The second-order valence-electron chi connectivity index (χ2n) is 5.07. The van der Waals surface area contributed by atoms with Crippen molar-refractivity contribution >= 4 is 15.9 Å². The molecule has 4 heteroatoms. The van der Waals surface area contributed by atoms with Crippen molar-refractivity contribution < 1.29 is 9.13 Å². The van der Waals surface area contributed by atoms with Crippen molar-refractivity contribution in [1.82, 2.24) is 5.32 Å². The van der Waals surface area contributed by atoms with Crippen molar-refractivity contribution in [3.8, 4) is 5.75 Å². The van der Waals surface area contributed by atoms with Crippen molar-refractivity contribution in [1.29, 1.82) is 0 Å². The molecule has 1 N–H and O–H groups in total. The largest absolute Gasteiger partial charge is 0.491 e. The molecule has 1 unspecified atom stereocenters. The fraction of sp³-hybridized carbons (Fsp3) is 0.294. The number of nitrogens with one attached hydrogen (secondary N) is 1. The quantitative estimate of drug-likeness (QED) is 0.843. The topological polar surface area (TPSA) is 21.3 Å². The van der Waals surface area contributed by atoms with Gasteiger partial charge in [0.15, 0.2) is 0 Å². The van der Waals surface area contributed by atoms with Gasteiger partial charge >= 0.3 is 0 Å². The van der Waals surface area contributed by atoms with E-state index in [9.17, 15) is 4.39 Å². The third kappa shape index (κ3) is 3.63. The Morgan fingerprint density at radius 3 is 2.38 bits per heavy atom. The van der Waals surface area contributed by atoms with Crippen molar-refractivity contribution in [3.63, 3.8) is 0 Å². The Balaban J connectivity index is 2.49. The Hall–Kier alpha value is -1.39. The van der Waals surface area contributed by atoms with Crippen LogP contribution in [0.1, 0.15) is 31.0 Å². The van der Waals surface area contributed by atoms with Crippen LogP contribution in [-0.4, -0.2) is 13.2 Å². The molecule has 0 amide bonds. The number of benzene rings is 2. The molecule has 0 bridgehead atoms. The fourth-order valence-electron chi connectivity index (χ4n) is 2.30. The van der Waals surface area contributed by atoms with Gasteiger partial charge in [-0.1, -0.05) is 30.3 Å². The van der Waals surface area contributed by atoms with Crippen LogP contribution in [0.3, 0.4) is 0 Å². The maximum atomic E-state index is 14.4. The molecule has 0 saturated carbocycles.